The van der Waals surface area contributed by atoms with Crippen LogP contribution in [-0.4, -0.2) is 13.1 Å². The summed E-state index contributed by atoms with van der Waals surface area (Å²) in [5.74, 6) is 0.711. The van der Waals surface area contributed by atoms with E-state index in [1.165, 1.54) is 12.8 Å². The Kier molecular flexibility index (Phi) is 3.50. The van der Waals surface area contributed by atoms with Gasteiger partial charge in [0.15, 0.2) is 0 Å². The van der Waals surface area contributed by atoms with E-state index in [4.69, 9.17) is 28.9 Å². The normalized spacial score (nSPS) is 21.2. The molecular formula is C12H16Cl2N2. The van der Waals surface area contributed by atoms with Crippen LogP contribution in [0, 0.1) is 5.92 Å². The molecule has 2 nitrogen and oxygen atoms in total. The monoisotopic (exact) mass is 258 g/mol. The standard InChI is InChI=1S/C12H16Cl2N2/c1-8-3-2-4-16(7-8)12-6-10(14)9(13)5-11(12)15/h5-6,8H,2-4,7,15H2,1H3. The maximum Gasteiger partial charge on any atom is 0.0616 e. The van der Waals surface area contributed by atoms with Crippen LogP contribution in [0.4, 0.5) is 11.4 Å². The van der Waals surface area contributed by atoms with Crippen molar-refractivity contribution in [3.63, 3.8) is 0 Å². The van der Waals surface area contributed by atoms with Gasteiger partial charge >= 0.3 is 0 Å². The molecule has 1 aromatic carbocycles. The smallest absolute Gasteiger partial charge is 0.0616 e. The van der Waals surface area contributed by atoms with Gasteiger partial charge in [0.1, 0.15) is 0 Å². The van der Waals surface area contributed by atoms with Crippen molar-refractivity contribution in [1.29, 1.82) is 0 Å². The van der Waals surface area contributed by atoms with Gasteiger partial charge in [-0.2, -0.15) is 0 Å². The van der Waals surface area contributed by atoms with Crippen molar-refractivity contribution < 1.29 is 0 Å². The number of nitrogens with zero attached hydrogens (tertiary/aromatic N) is 1. The van der Waals surface area contributed by atoms with Crippen LogP contribution in [0.1, 0.15) is 19.8 Å². The number of hydrogen-bond acceptors (Lipinski definition) is 2. The highest BCUT2D eigenvalue weighted by Crippen LogP contribution is 2.34. The highest BCUT2D eigenvalue weighted by atomic mass is 35.5. The van der Waals surface area contributed by atoms with Gasteiger partial charge in [-0.05, 0) is 30.9 Å². The first-order valence-corrected chi connectivity index (χ1v) is 6.33. The quantitative estimate of drug-likeness (QED) is 0.777. The molecule has 2 N–H and O–H groups in total. The Morgan fingerprint density at radius 2 is 2.00 bits per heavy atom. The van der Waals surface area contributed by atoms with E-state index in [-0.39, 0.29) is 0 Å². The lowest BCUT2D eigenvalue weighted by molar-refractivity contribution is 0.447. The van der Waals surface area contributed by atoms with Gasteiger partial charge in [-0.1, -0.05) is 30.1 Å². The number of hydrogen-bond donors (Lipinski definition) is 1. The fraction of sp³-hybridized carbons (Fsp3) is 0.500. The van der Waals surface area contributed by atoms with Crippen LogP contribution >= 0.6 is 23.2 Å². The maximum absolute atomic E-state index is 6.03. The molecule has 88 valence electrons. The number of halogens is 2. The number of rotatable bonds is 1. The zero-order chi connectivity index (χ0) is 11.7. The Hall–Kier alpha value is -0.600. The molecule has 1 saturated heterocycles. The zero-order valence-corrected chi connectivity index (χ0v) is 10.9. The summed E-state index contributed by atoms with van der Waals surface area (Å²) < 4.78 is 0. The van der Waals surface area contributed by atoms with Crippen molar-refractivity contribution in [3.8, 4) is 0 Å². The fourth-order valence-electron chi connectivity index (χ4n) is 2.23. The number of nitrogens with two attached hydrogens (primary N) is 1. The minimum Gasteiger partial charge on any atom is -0.397 e. The average molecular weight is 259 g/mol. The van der Waals surface area contributed by atoms with E-state index in [1.54, 1.807) is 6.07 Å². The molecule has 0 spiro atoms. The van der Waals surface area contributed by atoms with Gasteiger partial charge in [-0.15, -0.1) is 0 Å². The molecule has 1 fully saturated rings. The maximum atomic E-state index is 6.03. The molecule has 16 heavy (non-hydrogen) atoms. The Bertz CT molecular complexity index is 393. The van der Waals surface area contributed by atoms with Crippen molar-refractivity contribution >= 4 is 34.6 Å². The third-order valence-electron chi connectivity index (χ3n) is 3.07. The Morgan fingerprint density at radius 1 is 1.31 bits per heavy atom. The van der Waals surface area contributed by atoms with Crippen LogP contribution in [0.15, 0.2) is 12.1 Å². The molecule has 4 heteroatoms. The molecule has 1 atom stereocenters. The first kappa shape index (κ1) is 11.9. The second-order valence-corrected chi connectivity index (χ2v) is 5.33. The van der Waals surface area contributed by atoms with Crippen molar-refractivity contribution in [1.82, 2.24) is 0 Å². The Morgan fingerprint density at radius 3 is 2.69 bits per heavy atom. The molecule has 1 aromatic rings. The van der Waals surface area contributed by atoms with E-state index in [0.29, 0.717) is 21.7 Å². The summed E-state index contributed by atoms with van der Waals surface area (Å²) >= 11 is 12.0. The molecule has 1 aliphatic heterocycles. The zero-order valence-electron chi connectivity index (χ0n) is 9.34. The van der Waals surface area contributed by atoms with Gasteiger partial charge in [0.05, 0.1) is 21.4 Å². The minimum absolute atomic E-state index is 0.521. The summed E-state index contributed by atoms with van der Waals surface area (Å²) in [7, 11) is 0. The van der Waals surface area contributed by atoms with Crippen molar-refractivity contribution in [3.05, 3.63) is 22.2 Å². The molecule has 0 amide bonds. The van der Waals surface area contributed by atoms with E-state index in [9.17, 15) is 0 Å². The minimum atomic E-state index is 0.521. The van der Waals surface area contributed by atoms with Gasteiger partial charge in [-0.25, -0.2) is 0 Å². The molecule has 0 bridgehead atoms. The van der Waals surface area contributed by atoms with Gasteiger partial charge in [0.25, 0.3) is 0 Å². The first-order chi connectivity index (χ1) is 7.58. The van der Waals surface area contributed by atoms with Crippen LogP contribution in [0.2, 0.25) is 10.0 Å². The third kappa shape index (κ3) is 2.38. The topological polar surface area (TPSA) is 29.3 Å². The molecule has 0 saturated carbocycles. The summed E-state index contributed by atoms with van der Waals surface area (Å²) in [6.45, 7) is 4.36. The predicted octanol–water partition coefficient (Wildman–Crippen LogP) is 3.81. The summed E-state index contributed by atoms with van der Waals surface area (Å²) in [5, 5.41) is 1.09. The predicted molar refractivity (Wildman–Crippen MR) is 71.5 cm³/mol. The van der Waals surface area contributed by atoms with Crippen LogP contribution < -0.4 is 10.6 Å². The second-order valence-electron chi connectivity index (χ2n) is 4.52. The lowest BCUT2D eigenvalue weighted by Gasteiger charge is -2.33. The number of piperidine rings is 1. The average Bonchev–Trinajstić information content (AvgIpc) is 2.23. The second kappa shape index (κ2) is 4.72. The molecule has 0 radical (unpaired) electrons. The van der Waals surface area contributed by atoms with Gasteiger partial charge in [-0.3, -0.25) is 0 Å². The van der Waals surface area contributed by atoms with Crippen LogP contribution in [0.3, 0.4) is 0 Å². The van der Waals surface area contributed by atoms with Crippen molar-refractivity contribution in [2.24, 2.45) is 5.92 Å². The van der Waals surface area contributed by atoms with Crippen LogP contribution in [-0.2, 0) is 0 Å². The van der Waals surface area contributed by atoms with E-state index in [1.807, 2.05) is 6.07 Å². The first-order valence-electron chi connectivity index (χ1n) is 5.57. The summed E-state index contributed by atoms with van der Waals surface area (Å²) in [6, 6.07) is 3.61. The molecule has 1 aliphatic rings. The largest absolute Gasteiger partial charge is 0.397 e. The Balaban J connectivity index is 2.29. The molecule has 2 rings (SSSR count). The number of nitrogen functional groups attached to an aromatic ring is 1. The van der Waals surface area contributed by atoms with E-state index >= 15 is 0 Å². The lowest BCUT2D eigenvalue weighted by atomic mass is 9.99. The SMILES string of the molecule is CC1CCCN(c2cc(Cl)c(Cl)cc2N)C1. The van der Waals surface area contributed by atoms with Crippen molar-refractivity contribution in [2.75, 3.05) is 23.7 Å². The van der Waals surface area contributed by atoms with E-state index in [2.05, 4.69) is 11.8 Å². The lowest BCUT2D eigenvalue weighted by Crippen LogP contribution is -2.34. The molecular weight excluding hydrogens is 243 g/mol. The highest BCUT2D eigenvalue weighted by Gasteiger charge is 2.19. The molecule has 1 unspecified atom stereocenters. The van der Waals surface area contributed by atoms with Gasteiger partial charge < -0.3 is 10.6 Å². The summed E-state index contributed by atoms with van der Waals surface area (Å²) in [4.78, 5) is 2.30. The number of anilines is 2. The molecule has 1 heterocycles. The van der Waals surface area contributed by atoms with Crippen molar-refractivity contribution in [2.45, 2.75) is 19.8 Å². The summed E-state index contributed by atoms with van der Waals surface area (Å²) in [5.41, 5.74) is 7.71. The fourth-order valence-corrected chi connectivity index (χ4v) is 2.56. The van der Waals surface area contributed by atoms with Crippen LogP contribution in [0.25, 0.3) is 0 Å². The Labute approximate surface area is 106 Å². The van der Waals surface area contributed by atoms with Gasteiger partial charge in [0, 0.05) is 13.1 Å². The van der Waals surface area contributed by atoms with E-state index < -0.39 is 0 Å². The molecule has 0 aliphatic carbocycles. The van der Waals surface area contributed by atoms with Crippen LogP contribution in [0.5, 0.6) is 0 Å². The summed E-state index contributed by atoms with van der Waals surface area (Å²) in [6.07, 6.45) is 2.50. The van der Waals surface area contributed by atoms with Gasteiger partial charge in [0.2, 0.25) is 0 Å². The van der Waals surface area contributed by atoms with E-state index in [0.717, 1.165) is 18.8 Å². The highest BCUT2D eigenvalue weighted by molar-refractivity contribution is 6.42. The number of benzene rings is 1. The third-order valence-corrected chi connectivity index (χ3v) is 3.79. The molecule has 0 aromatic heterocycles.